The van der Waals surface area contributed by atoms with Gasteiger partial charge in [-0.25, -0.2) is 12.8 Å². The molecular formula is C23H24FNO4S. The minimum Gasteiger partial charge on any atom is -0.294 e. The number of carbonyl (C=O) groups excluding carboxylic acids is 2. The van der Waals surface area contributed by atoms with Crippen LogP contribution in [-0.2, 0) is 20.0 Å². The van der Waals surface area contributed by atoms with Crippen molar-refractivity contribution in [2.75, 3.05) is 16.4 Å². The van der Waals surface area contributed by atoms with Crippen molar-refractivity contribution in [3.05, 3.63) is 58.9 Å². The van der Waals surface area contributed by atoms with Gasteiger partial charge in [0.1, 0.15) is 5.82 Å². The maximum Gasteiger partial charge on any atom is 0.241 e. The Kier molecular flexibility index (Phi) is 4.47. The highest BCUT2D eigenvalue weighted by Crippen LogP contribution is 2.47. The third-order valence-electron chi connectivity index (χ3n) is 6.04. The lowest BCUT2D eigenvalue weighted by atomic mass is 9.83. The average molecular weight is 430 g/mol. The summed E-state index contributed by atoms with van der Waals surface area (Å²) >= 11 is 0. The first-order valence-electron chi connectivity index (χ1n) is 9.82. The molecule has 0 bridgehead atoms. The number of fused-ring (bicyclic) bond motifs is 1. The monoisotopic (exact) mass is 429 g/mol. The molecule has 1 saturated heterocycles. The van der Waals surface area contributed by atoms with Crippen molar-refractivity contribution in [1.82, 2.24) is 0 Å². The van der Waals surface area contributed by atoms with Gasteiger partial charge in [0, 0.05) is 17.4 Å². The fourth-order valence-corrected chi connectivity index (χ4v) is 6.80. The van der Waals surface area contributed by atoms with Crippen LogP contribution >= 0.6 is 0 Å². The molecule has 5 nitrogen and oxygen atoms in total. The molecule has 0 aliphatic carbocycles. The van der Waals surface area contributed by atoms with Gasteiger partial charge in [-0.05, 0) is 62.2 Å². The molecule has 30 heavy (non-hydrogen) atoms. The number of hydrogen-bond donors (Lipinski definition) is 0. The molecule has 2 aromatic rings. The number of benzene rings is 2. The summed E-state index contributed by atoms with van der Waals surface area (Å²) < 4.78 is 37.6. The summed E-state index contributed by atoms with van der Waals surface area (Å²) in [5, 5.41) is 0. The van der Waals surface area contributed by atoms with Gasteiger partial charge in [0.15, 0.2) is 15.6 Å². The first-order chi connectivity index (χ1) is 13.8. The zero-order chi connectivity index (χ0) is 22.1. The van der Waals surface area contributed by atoms with Crippen molar-refractivity contribution in [2.45, 2.75) is 39.5 Å². The van der Waals surface area contributed by atoms with Gasteiger partial charge in [0.25, 0.3) is 0 Å². The number of Topliss-reactive ketones (excluding diaryl/α,β-unsaturated/α-hetero) is 1. The Hall–Kier alpha value is -2.54. The molecule has 0 radical (unpaired) electrons. The lowest BCUT2D eigenvalue weighted by Crippen LogP contribution is -2.47. The second-order valence-electron chi connectivity index (χ2n) is 9.40. The Bertz CT molecular complexity index is 1190. The number of nitrogens with zero attached hydrogens (tertiary/aromatic N) is 1. The van der Waals surface area contributed by atoms with E-state index in [0.29, 0.717) is 16.8 Å². The fourth-order valence-electron chi connectivity index (χ4n) is 4.55. The van der Waals surface area contributed by atoms with Crippen molar-refractivity contribution in [2.24, 2.45) is 5.41 Å². The summed E-state index contributed by atoms with van der Waals surface area (Å²) in [6.07, 6.45) is 0.135. The molecule has 158 valence electrons. The molecule has 1 amide bonds. The van der Waals surface area contributed by atoms with Crippen LogP contribution in [0, 0.1) is 18.2 Å². The van der Waals surface area contributed by atoms with E-state index < -0.39 is 26.5 Å². The lowest BCUT2D eigenvalue weighted by Gasteiger charge is -2.37. The molecule has 0 saturated carbocycles. The third kappa shape index (κ3) is 3.25. The second kappa shape index (κ2) is 6.48. The van der Waals surface area contributed by atoms with Crippen LogP contribution in [0.15, 0.2) is 36.4 Å². The van der Waals surface area contributed by atoms with Gasteiger partial charge in [-0.2, -0.15) is 0 Å². The van der Waals surface area contributed by atoms with Crippen LogP contribution in [0.2, 0.25) is 0 Å². The van der Waals surface area contributed by atoms with Crippen molar-refractivity contribution >= 4 is 32.9 Å². The van der Waals surface area contributed by atoms with E-state index in [0.717, 1.165) is 5.56 Å². The van der Waals surface area contributed by atoms with Crippen LogP contribution in [0.1, 0.15) is 48.7 Å². The molecule has 7 heteroatoms. The van der Waals surface area contributed by atoms with E-state index in [-0.39, 0.29) is 35.3 Å². The van der Waals surface area contributed by atoms with Crippen LogP contribution in [0.3, 0.4) is 0 Å². The molecule has 2 aliphatic heterocycles. The zero-order valence-corrected chi connectivity index (χ0v) is 18.3. The van der Waals surface area contributed by atoms with Gasteiger partial charge in [-0.3, -0.25) is 14.5 Å². The van der Waals surface area contributed by atoms with Gasteiger partial charge in [0.2, 0.25) is 5.91 Å². The molecule has 0 atom stereocenters. The van der Waals surface area contributed by atoms with Gasteiger partial charge in [-0.15, -0.1) is 0 Å². The van der Waals surface area contributed by atoms with Crippen LogP contribution in [0.25, 0.3) is 0 Å². The van der Waals surface area contributed by atoms with Crippen molar-refractivity contribution < 1.29 is 22.4 Å². The van der Waals surface area contributed by atoms with Crippen LogP contribution < -0.4 is 4.90 Å². The SMILES string of the molecule is Cc1ccc(F)c(N2C(=O)C(C)(C)c3cc(C(=O)CC4(C)CS(=O)(=O)C4)ccc32)c1. The Morgan fingerprint density at radius 2 is 1.73 bits per heavy atom. The number of halogens is 1. The minimum absolute atomic E-state index is 0.0150. The maximum absolute atomic E-state index is 14.5. The van der Waals surface area contributed by atoms with Crippen LogP contribution in [-0.4, -0.2) is 31.6 Å². The molecule has 0 spiro atoms. The number of ketones is 1. The summed E-state index contributed by atoms with van der Waals surface area (Å²) in [5.74, 6) is -0.874. The first kappa shape index (κ1) is 20.7. The van der Waals surface area contributed by atoms with E-state index in [4.69, 9.17) is 0 Å². The highest BCUT2D eigenvalue weighted by Gasteiger charge is 2.47. The highest BCUT2D eigenvalue weighted by molar-refractivity contribution is 7.92. The molecule has 0 unspecified atom stereocenters. The van der Waals surface area contributed by atoms with E-state index in [2.05, 4.69) is 0 Å². The summed E-state index contributed by atoms with van der Waals surface area (Å²) in [7, 11) is -3.04. The number of carbonyl (C=O) groups is 2. The number of hydrogen-bond acceptors (Lipinski definition) is 4. The van der Waals surface area contributed by atoms with E-state index in [1.54, 1.807) is 51.1 Å². The van der Waals surface area contributed by atoms with Gasteiger partial charge < -0.3 is 0 Å². The van der Waals surface area contributed by atoms with E-state index in [9.17, 15) is 22.4 Å². The number of sulfone groups is 1. The Morgan fingerprint density at radius 3 is 2.37 bits per heavy atom. The maximum atomic E-state index is 14.5. The lowest BCUT2D eigenvalue weighted by molar-refractivity contribution is -0.121. The third-order valence-corrected chi connectivity index (χ3v) is 8.31. The predicted molar refractivity (Wildman–Crippen MR) is 113 cm³/mol. The zero-order valence-electron chi connectivity index (χ0n) is 17.5. The molecule has 1 fully saturated rings. The molecule has 2 aliphatic rings. The summed E-state index contributed by atoms with van der Waals surface area (Å²) in [4.78, 5) is 27.4. The second-order valence-corrected chi connectivity index (χ2v) is 11.5. The molecule has 2 heterocycles. The molecule has 0 aromatic heterocycles. The molecular weight excluding hydrogens is 405 g/mol. The first-order valence-corrected chi connectivity index (χ1v) is 11.6. The van der Waals surface area contributed by atoms with E-state index in [1.807, 2.05) is 6.92 Å². The Labute approximate surface area is 175 Å². The number of amides is 1. The van der Waals surface area contributed by atoms with Gasteiger partial charge in [0.05, 0.1) is 28.3 Å². The average Bonchev–Trinajstić information content (AvgIpc) is 2.81. The number of anilines is 2. The van der Waals surface area contributed by atoms with E-state index >= 15 is 0 Å². The predicted octanol–water partition coefficient (Wildman–Crippen LogP) is 4.10. The standard InChI is InChI=1S/C23H24FNO4S/c1-14-5-7-17(24)19(9-14)25-18-8-6-15(10-16(18)22(2,3)21(25)27)20(26)11-23(4)12-30(28,29)13-23/h5-10H,11-13H2,1-4H3. The Morgan fingerprint density at radius 1 is 1.07 bits per heavy atom. The van der Waals surface area contributed by atoms with E-state index in [1.165, 1.54) is 11.0 Å². The summed E-state index contributed by atoms with van der Waals surface area (Å²) in [6.45, 7) is 7.15. The quantitative estimate of drug-likeness (QED) is 0.686. The van der Waals surface area contributed by atoms with Crippen molar-refractivity contribution in [1.29, 1.82) is 0 Å². The topological polar surface area (TPSA) is 71.5 Å². The largest absolute Gasteiger partial charge is 0.294 e. The van der Waals surface area contributed by atoms with Crippen molar-refractivity contribution in [3.8, 4) is 0 Å². The van der Waals surface area contributed by atoms with Gasteiger partial charge >= 0.3 is 0 Å². The van der Waals surface area contributed by atoms with Gasteiger partial charge in [-0.1, -0.05) is 13.0 Å². The van der Waals surface area contributed by atoms with Crippen LogP contribution in [0.5, 0.6) is 0 Å². The summed E-state index contributed by atoms with van der Waals surface area (Å²) in [5.41, 5.74) is 1.21. The minimum atomic E-state index is -3.04. The summed E-state index contributed by atoms with van der Waals surface area (Å²) in [6, 6.07) is 9.63. The number of aryl methyl sites for hydroxylation is 1. The Balaban J connectivity index is 1.71. The molecule has 2 aromatic carbocycles. The number of rotatable bonds is 4. The molecule has 4 rings (SSSR count). The van der Waals surface area contributed by atoms with Crippen molar-refractivity contribution in [3.63, 3.8) is 0 Å². The normalized spacial score (nSPS) is 20.6. The molecule has 0 N–H and O–H groups in total. The van der Waals surface area contributed by atoms with Crippen LogP contribution in [0.4, 0.5) is 15.8 Å². The smallest absolute Gasteiger partial charge is 0.241 e. The fraction of sp³-hybridized carbons (Fsp3) is 0.391. The highest BCUT2D eigenvalue weighted by atomic mass is 32.2.